The molecule has 4 N–H and O–H groups in total. The number of amides is 2. The minimum absolute atomic E-state index is 0.0191. The van der Waals surface area contributed by atoms with Crippen molar-refractivity contribution in [1.82, 2.24) is 10.2 Å². The molecule has 8 heteroatoms. The second kappa shape index (κ2) is 8.85. The molecule has 1 aliphatic heterocycles. The van der Waals surface area contributed by atoms with Gasteiger partial charge in [0.15, 0.2) is 0 Å². The summed E-state index contributed by atoms with van der Waals surface area (Å²) in [6, 6.07) is 6.30. The first kappa shape index (κ1) is 20.7. The molecule has 1 atom stereocenters. The second-order valence-electron chi connectivity index (χ2n) is 7.45. The van der Waals surface area contributed by atoms with Gasteiger partial charge in [-0.2, -0.15) is 0 Å². The van der Waals surface area contributed by atoms with E-state index in [1.807, 2.05) is 0 Å². The van der Waals surface area contributed by atoms with Gasteiger partial charge in [0.2, 0.25) is 5.91 Å². The Morgan fingerprint density at radius 1 is 1.26 bits per heavy atom. The minimum atomic E-state index is -0.749. The molecule has 1 saturated heterocycles. The third-order valence-corrected chi connectivity index (χ3v) is 4.02. The maximum Gasteiger partial charge on any atom is 0.408 e. The van der Waals surface area contributed by atoms with Crippen LogP contribution in [0.15, 0.2) is 24.3 Å². The van der Waals surface area contributed by atoms with Crippen molar-refractivity contribution in [3.05, 3.63) is 35.4 Å². The van der Waals surface area contributed by atoms with Crippen LogP contribution in [0, 0.1) is 5.41 Å². The van der Waals surface area contributed by atoms with Crippen LogP contribution in [0.5, 0.6) is 0 Å². The zero-order chi connectivity index (χ0) is 20.0. The molecular formula is C19H28N4O4. The first-order valence-corrected chi connectivity index (χ1v) is 8.95. The van der Waals surface area contributed by atoms with Gasteiger partial charge in [-0.15, -0.1) is 0 Å². The third-order valence-electron chi connectivity index (χ3n) is 4.02. The van der Waals surface area contributed by atoms with Gasteiger partial charge in [0, 0.05) is 25.1 Å². The van der Waals surface area contributed by atoms with Crippen LogP contribution in [-0.4, -0.2) is 60.7 Å². The van der Waals surface area contributed by atoms with Gasteiger partial charge in [-0.1, -0.05) is 24.3 Å². The number of nitrogen functional groups attached to an aromatic ring is 1. The number of nitrogens with two attached hydrogens (primary N) is 1. The third kappa shape index (κ3) is 6.56. The van der Waals surface area contributed by atoms with E-state index in [1.165, 1.54) is 0 Å². The largest absolute Gasteiger partial charge is 0.444 e. The normalized spacial score (nSPS) is 15.7. The molecular weight excluding hydrogens is 348 g/mol. The number of carbonyl (C=O) groups is 2. The van der Waals surface area contributed by atoms with Gasteiger partial charge < -0.3 is 25.4 Å². The smallest absolute Gasteiger partial charge is 0.408 e. The molecule has 0 unspecified atom stereocenters. The number of nitrogens with one attached hydrogen (secondary N) is 2. The molecule has 2 amide bonds. The Bertz CT molecular complexity index is 676. The van der Waals surface area contributed by atoms with Crippen LogP contribution in [-0.2, 0) is 20.7 Å². The van der Waals surface area contributed by atoms with Crippen LogP contribution in [0.2, 0.25) is 0 Å². The van der Waals surface area contributed by atoms with E-state index >= 15 is 0 Å². The summed E-state index contributed by atoms with van der Waals surface area (Å²) in [5.41, 5.74) is 6.28. The topological polar surface area (TPSA) is 118 Å². The SMILES string of the molecule is CC(C)(C)OC(=O)N[C@@H](Cc1ccc(C(=N)N)cc1)C(=O)N1CCOCC1. The molecule has 0 aromatic heterocycles. The van der Waals surface area contributed by atoms with Gasteiger partial charge in [0.05, 0.1) is 13.2 Å². The Labute approximate surface area is 159 Å². The number of morpholine rings is 1. The van der Waals surface area contributed by atoms with Crippen LogP contribution in [0.25, 0.3) is 0 Å². The van der Waals surface area contributed by atoms with Gasteiger partial charge in [0.1, 0.15) is 17.5 Å². The van der Waals surface area contributed by atoms with Gasteiger partial charge >= 0.3 is 6.09 Å². The van der Waals surface area contributed by atoms with Crippen LogP contribution in [0.4, 0.5) is 4.79 Å². The second-order valence-corrected chi connectivity index (χ2v) is 7.45. The zero-order valence-corrected chi connectivity index (χ0v) is 16.1. The molecule has 0 saturated carbocycles. The number of alkyl carbamates (subject to hydrolysis) is 1. The number of rotatable bonds is 5. The molecule has 2 rings (SSSR count). The highest BCUT2D eigenvalue weighted by molar-refractivity contribution is 5.94. The van der Waals surface area contributed by atoms with Crippen molar-refractivity contribution >= 4 is 17.8 Å². The quantitative estimate of drug-likeness (QED) is 0.528. The predicted octanol–water partition coefficient (Wildman–Crippen LogP) is 1.27. The molecule has 148 valence electrons. The van der Waals surface area contributed by atoms with E-state index < -0.39 is 17.7 Å². The molecule has 0 spiro atoms. The summed E-state index contributed by atoms with van der Waals surface area (Å²) in [7, 11) is 0. The average Bonchev–Trinajstić information content (AvgIpc) is 2.60. The van der Waals surface area contributed by atoms with Crippen LogP contribution in [0.3, 0.4) is 0 Å². The number of ether oxygens (including phenoxy) is 2. The van der Waals surface area contributed by atoms with Crippen molar-refractivity contribution in [3.8, 4) is 0 Å². The van der Waals surface area contributed by atoms with Crippen LogP contribution < -0.4 is 11.1 Å². The van der Waals surface area contributed by atoms with E-state index in [9.17, 15) is 9.59 Å². The van der Waals surface area contributed by atoms with Crippen molar-refractivity contribution in [2.75, 3.05) is 26.3 Å². The molecule has 1 aliphatic rings. The number of amidine groups is 1. The predicted molar refractivity (Wildman–Crippen MR) is 102 cm³/mol. The summed E-state index contributed by atoms with van der Waals surface area (Å²) in [6.45, 7) is 7.27. The van der Waals surface area contributed by atoms with Crippen LogP contribution >= 0.6 is 0 Å². The number of hydrogen-bond donors (Lipinski definition) is 3. The number of nitrogens with zero attached hydrogens (tertiary/aromatic N) is 1. The molecule has 1 aromatic rings. The minimum Gasteiger partial charge on any atom is -0.444 e. The summed E-state index contributed by atoms with van der Waals surface area (Å²) >= 11 is 0. The Morgan fingerprint density at radius 3 is 2.37 bits per heavy atom. The fourth-order valence-electron chi connectivity index (χ4n) is 2.71. The lowest BCUT2D eigenvalue weighted by atomic mass is 10.0. The maximum absolute atomic E-state index is 12.9. The summed E-state index contributed by atoms with van der Waals surface area (Å²) in [4.78, 5) is 26.8. The maximum atomic E-state index is 12.9. The molecule has 1 aromatic carbocycles. The van der Waals surface area contributed by atoms with E-state index in [0.29, 0.717) is 38.3 Å². The van der Waals surface area contributed by atoms with Gasteiger partial charge in [0.25, 0.3) is 0 Å². The lowest BCUT2D eigenvalue weighted by Gasteiger charge is -2.31. The van der Waals surface area contributed by atoms with E-state index in [1.54, 1.807) is 49.9 Å². The summed E-state index contributed by atoms with van der Waals surface area (Å²) in [5.74, 6) is -0.186. The summed E-state index contributed by atoms with van der Waals surface area (Å²) in [6.07, 6.45) is -0.317. The summed E-state index contributed by atoms with van der Waals surface area (Å²) in [5, 5.41) is 10.2. The molecule has 0 aliphatic carbocycles. The Kier molecular flexibility index (Phi) is 6.79. The van der Waals surface area contributed by atoms with E-state index in [-0.39, 0.29) is 11.7 Å². The fraction of sp³-hybridized carbons (Fsp3) is 0.526. The molecule has 1 heterocycles. The first-order valence-electron chi connectivity index (χ1n) is 8.95. The fourth-order valence-corrected chi connectivity index (χ4v) is 2.71. The van der Waals surface area contributed by atoms with Crippen molar-refractivity contribution < 1.29 is 19.1 Å². The van der Waals surface area contributed by atoms with Crippen molar-refractivity contribution in [2.45, 2.75) is 38.8 Å². The van der Waals surface area contributed by atoms with Gasteiger partial charge in [-0.25, -0.2) is 4.79 Å². The van der Waals surface area contributed by atoms with E-state index in [4.69, 9.17) is 20.6 Å². The van der Waals surface area contributed by atoms with E-state index in [2.05, 4.69) is 5.32 Å². The molecule has 1 fully saturated rings. The van der Waals surface area contributed by atoms with Crippen LogP contribution in [0.1, 0.15) is 31.9 Å². The van der Waals surface area contributed by atoms with Crippen molar-refractivity contribution in [1.29, 1.82) is 5.41 Å². The lowest BCUT2D eigenvalue weighted by molar-refractivity contribution is -0.137. The monoisotopic (exact) mass is 376 g/mol. The highest BCUT2D eigenvalue weighted by Gasteiger charge is 2.29. The average molecular weight is 376 g/mol. The van der Waals surface area contributed by atoms with E-state index in [0.717, 1.165) is 5.56 Å². The number of benzene rings is 1. The number of carbonyl (C=O) groups excluding carboxylic acids is 2. The van der Waals surface area contributed by atoms with Gasteiger partial charge in [-0.05, 0) is 26.3 Å². The standard InChI is InChI=1S/C19H28N4O4/c1-19(2,3)27-18(25)22-15(17(24)23-8-10-26-11-9-23)12-13-4-6-14(7-5-13)16(20)21/h4-7,15H,8-12H2,1-3H3,(H3,20,21)(H,22,25)/t15-/m0/s1. The number of hydrogen-bond acceptors (Lipinski definition) is 5. The Balaban J connectivity index is 2.13. The zero-order valence-electron chi connectivity index (χ0n) is 16.1. The highest BCUT2D eigenvalue weighted by Crippen LogP contribution is 2.12. The van der Waals surface area contributed by atoms with Gasteiger partial charge in [-0.3, -0.25) is 10.2 Å². The molecule has 8 nitrogen and oxygen atoms in total. The summed E-state index contributed by atoms with van der Waals surface area (Å²) < 4.78 is 10.6. The lowest BCUT2D eigenvalue weighted by Crippen LogP contribution is -2.53. The Morgan fingerprint density at radius 2 is 1.85 bits per heavy atom. The molecule has 0 bridgehead atoms. The molecule has 27 heavy (non-hydrogen) atoms. The Hall–Kier alpha value is -2.61. The molecule has 0 radical (unpaired) electrons. The van der Waals surface area contributed by atoms with Crippen molar-refractivity contribution in [2.24, 2.45) is 5.73 Å². The van der Waals surface area contributed by atoms with Crippen molar-refractivity contribution in [3.63, 3.8) is 0 Å². The first-order chi connectivity index (χ1) is 12.7. The highest BCUT2D eigenvalue weighted by atomic mass is 16.6.